The number of hydrogen-bond acceptors (Lipinski definition) is 2. The predicted molar refractivity (Wildman–Crippen MR) is 43.9 cm³/mol. The lowest BCUT2D eigenvalue weighted by molar-refractivity contribution is 0.302. The molecular weight excluding hydrogens is 126 g/mol. The molecule has 0 fully saturated rings. The van der Waals surface area contributed by atoms with Gasteiger partial charge in [0, 0.05) is 0 Å². The van der Waals surface area contributed by atoms with E-state index in [4.69, 9.17) is 0 Å². The van der Waals surface area contributed by atoms with Gasteiger partial charge >= 0.3 is 0 Å². The van der Waals surface area contributed by atoms with Gasteiger partial charge in [0.25, 0.3) is 0 Å². The van der Waals surface area contributed by atoms with Crippen molar-refractivity contribution in [2.45, 2.75) is 46.1 Å². The zero-order valence-electron chi connectivity index (χ0n) is 7.35. The molecule has 0 heterocycles. The van der Waals surface area contributed by atoms with E-state index in [-0.39, 0.29) is 5.54 Å². The second-order valence-corrected chi connectivity index (χ2v) is 3.26. The largest absolute Gasteiger partial charge is 0.150 e. The highest BCUT2D eigenvalue weighted by atomic mass is 16.3. The lowest BCUT2D eigenvalue weighted by Crippen LogP contribution is -2.27. The first-order valence-corrected chi connectivity index (χ1v) is 3.93. The maximum Gasteiger partial charge on any atom is 0.0998 e. The van der Waals surface area contributed by atoms with Crippen molar-refractivity contribution < 1.29 is 0 Å². The molecule has 0 bridgehead atoms. The van der Waals surface area contributed by atoms with Crippen LogP contribution < -0.4 is 0 Å². The Bertz CT molecular complexity index is 106. The zero-order valence-corrected chi connectivity index (χ0v) is 7.35. The quantitative estimate of drug-likeness (QED) is 0.556. The predicted octanol–water partition coefficient (Wildman–Crippen LogP) is 2.97. The number of rotatable bonds is 4. The highest BCUT2D eigenvalue weighted by Crippen LogP contribution is 2.26. The third kappa shape index (κ3) is 2.09. The fraction of sp³-hybridized carbons (Fsp3) is 1.00. The van der Waals surface area contributed by atoms with Crippen molar-refractivity contribution in [1.29, 1.82) is 0 Å². The molecule has 0 aromatic carbocycles. The number of hydrogen-bond donors (Lipinski definition) is 0. The topological polar surface area (TPSA) is 29.4 Å². The van der Waals surface area contributed by atoms with Crippen LogP contribution in [0, 0.1) is 10.8 Å². The summed E-state index contributed by atoms with van der Waals surface area (Å²) in [7, 11) is 0. The maximum atomic E-state index is 10.3. The lowest BCUT2D eigenvalue weighted by atomic mass is 9.84. The highest BCUT2D eigenvalue weighted by Gasteiger charge is 2.27. The third-order valence-corrected chi connectivity index (χ3v) is 2.22. The lowest BCUT2D eigenvalue weighted by Gasteiger charge is -2.24. The average Bonchev–Trinajstić information content (AvgIpc) is 1.90. The summed E-state index contributed by atoms with van der Waals surface area (Å²) in [5, 5.41) is 3.11. The molecule has 0 amide bonds. The Kier molecular flexibility index (Phi) is 3.54. The molecule has 0 saturated carbocycles. The Morgan fingerprint density at radius 3 is 1.80 bits per heavy atom. The van der Waals surface area contributed by atoms with E-state index in [0.717, 1.165) is 12.8 Å². The Morgan fingerprint density at radius 1 is 1.30 bits per heavy atom. The van der Waals surface area contributed by atoms with E-state index in [1.807, 2.05) is 13.8 Å². The molecule has 0 spiro atoms. The van der Waals surface area contributed by atoms with Crippen LogP contribution in [0.4, 0.5) is 0 Å². The summed E-state index contributed by atoms with van der Waals surface area (Å²) in [4.78, 5) is 10.3. The fourth-order valence-electron chi connectivity index (χ4n) is 1.36. The van der Waals surface area contributed by atoms with Crippen LogP contribution >= 0.6 is 0 Å². The second kappa shape index (κ2) is 3.69. The third-order valence-electron chi connectivity index (χ3n) is 2.22. The second-order valence-electron chi connectivity index (χ2n) is 3.26. The molecule has 0 unspecified atom stereocenters. The first-order valence-electron chi connectivity index (χ1n) is 3.93. The summed E-state index contributed by atoms with van der Waals surface area (Å²) in [6.07, 6.45) is 2.07. The van der Waals surface area contributed by atoms with Crippen molar-refractivity contribution in [3.63, 3.8) is 0 Å². The monoisotopic (exact) mass is 143 g/mol. The van der Waals surface area contributed by atoms with Crippen molar-refractivity contribution in [3.8, 4) is 0 Å². The van der Waals surface area contributed by atoms with Gasteiger partial charge in [-0.2, -0.15) is 4.91 Å². The van der Waals surface area contributed by atoms with Gasteiger partial charge in [0.05, 0.1) is 5.54 Å². The van der Waals surface area contributed by atoms with Crippen LogP contribution in [0.5, 0.6) is 0 Å². The minimum absolute atomic E-state index is 0.372. The normalized spacial score (nSPS) is 12.1. The molecule has 0 aliphatic heterocycles. The van der Waals surface area contributed by atoms with Crippen molar-refractivity contribution in [1.82, 2.24) is 0 Å². The Hall–Kier alpha value is -0.400. The van der Waals surface area contributed by atoms with Gasteiger partial charge in [-0.25, -0.2) is 0 Å². The summed E-state index contributed by atoms with van der Waals surface area (Å²) in [5.74, 6) is 0.435. The molecule has 0 saturated heterocycles. The van der Waals surface area contributed by atoms with E-state index in [1.54, 1.807) is 0 Å². The fourth-order valence-corrected chi connectivity index (χ4v) is 1.36. The average molecular weight is 143 g/mol. The van der Waals surface area contributed by atoms with Crippen LogP contribution in [0.25, 0.3) is 0 Å². The van der Waals surface area contributed by atoms with Crippen LogP contribution in [-0.2, 0) is 0 Å². The van der Waals surface area contributed by atoms with Gasteiger partial charge in [-0.3, -0.25) is 0 Å². The minimum Gasteiger partial charge on any atom is -0.150 e. The Morgan fingerprint density at radius 2 is 1.70 bits per heavy atom. The van der Waals surface area contributed by atoms with E-state index < -0.39 is 0 Å². The standard InChI is InChI=1S/C8H17NO/c1-5-7(6-2)8(3,4)9-10/h7H,5-6H2,1-4H3. The molecule has 0 radical (unpaired) electrons. The molecule has 0 aromatic heterocycles. The van der Waals surface area contributed by atoms with Crippen LogP contribution in [0.3, 0.4) is 0 Å². The Labute approximate surface area is 63.0 Å². The SMILES string of the molecule is CCC(CC)C(C)(C)N=O. The summed E-state index contributed by atoms with van der Waals surface area (Å²) in [6, 6.07) is 0. The highest BCUT2D eigenvalue weighted by molar-refractivity contribution is 4.83. The number of nitrogens with zero attached hydrogens (tertiary/aromatic N) is 1. The van der Waals surface area contributed by atoms with Gasteiger partial charge in [0.1, 0.15) is 0 Å². The molecule has 2 nitrogen and oxygen atoms in total. The van der Waals surface area contributed by atoms with Gasteiger partial charge in [-0.15, -0.1) is 0 Å². The maximum absolute atomic E-state index is 10.3. The van der Waals surface area contributed by atoms with Gasteiger partial charge < -0.3 is 0 Å². The van der Waals surface area contributed by atoms with Gasteiger partial charge in [0.15, 0.2) is 0 Å². The van der Waals surface area contributed by atoms with Crippen LogP contribution in [-0.4, -0.2) is 5.54 Å². The van der Waals surface area contributed by atoms with Gasteiger partial charge in [0.2, 0.25) is 0 Å². The summed E-state index contributed by atoms with van der Waals surface area (Å²) >= 11 is 0. The van der Waals surface area contributed by atoms with E-state index in [2.05, 4.69) is 19.0 Å². The first-order chi connectivity index (χ1) is 4.58. The first kappa shape index (κ1) is 9.60. The molecule has 10 heavy (non-hydrogen) atoms. The Balaban J connectivity index is 4.10. The van der Waals surface area contributed by atoms with Crippen molar-refractivity contribution >= 4 is 0 Å². The van der Waals surface area contributed by atoms with Crippen molar-refractivity contribution in [3.05, 3.63) is 4.91 Å². The minimum atomic E-state index is -0.372. The summed E-state index contributed by atoms with van der Waals surface area (Å²) < 4.78 is 0. The van der Waals surface area contributed by atoms with Gasteiger partial charge in [-0.1, -0.05) is 31.9 Å². The number of nitroso groups, excluding NO2 is 1. The molecular formula is C8H17NO. The molecule has 0 atom stereocenters. The van der Waals surface area contributed by atoms with E-state index >= 15 is 0 Å². The molecule has 0 N–H and O–H groups in total. The van der Waals surface area contributed by atoms with Crippen molar-refractivity contribution in [2.75, 3.05) is 0 Å². The van der Waals surface area contributed by atoms with Gasteiger partial charge in [-0.05, 0) is 19.8 Å². The smallest absolute Gasteiger partial charge is 0.0998 e. The summed E-state index contributed by atoms with van der Waals surface area (Å²) in [6.45, 7) is 8.00. The van der Waals surface area contributed by atoms with E-state index in [0.29, 0.717) is 5.92 Å². The van der Waals surface area contributed by atoms with E-state index in [1.165, 1.54) is 0 Å². The molecule has 60 valence electrons. The molecule has 0 aliphatic carbocycles. The van der Waals surface area contributed by atoms with Crippen LogP contribution in [0.1, 0.15) is 40.5 Å². The summed E-state index contributed by atoms with van der Waals surface area (Å²) in [5.41, 5.74) is -0.372. The molecule has 0 aliphatic rings. The van der Waals surface area contributed by atoms with E-state index in [9.17, 15) is 4.91 Å². The van der Waals surface area contributed by atoms with Crippen LogP contribution in [0.15, 0.2) is 5.18 Å². The van der Waals surface area contributed by atoms with Crippen LogP contribution in [0.2, 0.25) is 0 Å². The molecule has 0 aromatic rings. The molecule has 0 rings (SSSR count). The molecule has 2 heteroatoms. The van der Waals surface area contributed by atoms with Crippen molar-refractivity contribution in [2.24, 2.45) is 11.1 Å². The zero-order chi connectivity index (χ0) is 8.20.